The lowest BCUT2D eigenvalue weighted by Gasteiger charge is -2.02. The van der Waals surface area contributed by atoms with Crippen molar-refractivity contribution in [2.45, 2.75) is 13.3 Å². The molecule has 5 nitrogen and oxygen atoms in total. The lowest BCUT2D eigenvalue weighted by molar-refractivity contribution is 0.0944. The summed E-state index contributed by atoms with van der Waals surface area (Å²) in [6, 6.07) is 9.95. The molecule has 1 aromatic carbocycles. The predicted molar refractivity (Wildman–Crippen MR) is 87.2 cm³/mol. The van der Waals surface area contributed by atoms with E-state index in [0.717, 1.165) is 33.9 Å². The normalized spacial score (nSPS) is 11.2. The Morgan fingerprint density at radius 3 is 2.86 bits per heavy atom. The van der Waals surface area contributed by atoms with E-state index in [0.29, 0.717) is 18.8 Å². The second kappa shape index (κ2) is 6.15. The third-order valence-electron chi connectivity index (χ3n) is 3.64. The number of hydrogen-bond acceptors (Lipinski definition) is 3. The zero-order valence-corrected chi connectivity index (χ0v) is 12.8. The van der Waals surface area contributed by atoms with Crippen molar-refractivity contribution in [2.24, 2.45) is 0 Å². The summed E-state index contributed by atoms with van der Waals surface area (Å²) >= 11 is 0. The van der Waals surface area contributed by atoms with Gasteiger partial charge < -0.3 is 15.0 Å². The maximum Gasteiger partial charge on any atom is 0.269 e. The Balaban J connectivity index is 1.90. The van der Waals surface area contributed by atoms with Crippen LogP contribution in [-0.4, -0.2) is 36.1 Å². The molecule has 2 aromatic heterocycles. The molecule has 0 saturated carbocycles. The van der Waals surface area contributed by atoms with E-state index in [2.05, 4.69) is 21.4 Å². The average molecular weight is 297 g/mol. The van der Waals surface area contributed by atoms with Crippen molar-refractivity contribution < 1.29 is 9.53 Å². The number of H-pyrrole nitrogens is 1. The number of benzene rings is 1. The minimum Gasteiger partial charge on any atom is -0.385 e. The highest BCUT2D eigenvalue weighted by molar-refractivity contribution is 6.07. The molecule has 0 saturated heterocycles. The zero-order valence-electron chi connectivity index (χ0n) is 12.8. The van der Waals surface area contributed by atoms with Crippen LogP contribution in [0.15, 0.2) is 30.3 Å². The highest BCUT2D eigenvalue weighted by Gasteiger charge is 2.12. The standard InChI is InChI=1S/C17H19N3O2/c1-11-4-5-12-6-7-13-10-14(20-16(13)15(12)19-11)17(21)18-8-3-9-22-2/h4-7,10,19H,3,8-9H2,1-2H3,(H,18,21). The molecular weight excluding hydrogens is 278 g/mol. The second-order valence-corrected chi connectivity index (χ2v) is 5.35. The van der Waals surface area contributed by atoms with E-state index < -0.39 is 0 Å². The number of carbonyl (C=O) groups is 1. The van der Waals surface area contributed by atoms with Gasteiger partial charge in [0.05, 0.1) is 11.0 Å². The fourth-order valence-electron chi connectivity index (χ4n) is 2.51. The highest BCUT2D eigenvalue weighted by Crippen LogP contribution is 2.24. The van der Waals surface area contributed by atoms with Crippen molar-refractivity contribution in [2.75, 3.05) is 20.3 Å². The number of nitrogens with one attached hydrogen (secondary N) is 2. The lowest BCUT2D eigenvalue weighted by atomic mass is 10.1. The number of methoxy groups -OCH3 is 1. The topological polar surface area (TPSA) is 67.0 Å². The summed E-state index contributed by atoms with van der Waals surface area (Å²) in [5, 5.41) is 4.92. The summed E-state index contributed by atoms with van der Waals surface area (Å²) in [5.41, 5.74) is 3.32. The monoisotopic (exact) mass is 297 g/mol. The van der Waals surface area contributed by atoms with E-state index in [4.69, 9.17) is 4.74 Å². The number of hydrogen-bond donors (Lipinski definition) is 2. The molecule has 0 unspecified atom stereocenters. The number of ether oxygens (including phenoxy) is 1. The number of aryl methyl sites for hydroxylation is 1. The minimum atomic E-state index is -0.145. The van der Waals surface area contributed by atoms with E-state index in [1.54, 1.807) is 7.11 Å². The molecular formula is C17H19N3O2. The predicted octanol–water partition coefficient (Wildman–Crippen LogP) is 2.79. The number of pyridine rings is 1. The number of aromatic nitrogens is 2. The van der Waals surface area contributed by atoms with Crippen molar-refractivity contribution in [3.05, 3.63) is 41.7 Å². The van der Waals surface area contributed by atoms with Gasteiger partial charge in [-0.3, -0.25) is 4.79 Å². The Morgan fingerprint density at radius 2 is 2.05 bits per heavy atom. The molecule has 0 atom stereocenters. The van der Waals surface area contributed by atoms with Gasteiger partial charge in [-0.25, -0.2) is 4.98 Å². The van der Waals surface area contributed by atoms with Crippen LogP contribution in [0.25, 0.3) is 21.8 Å². The Labute approximate surface area is 128 Å². The van der Waals surface area contributed by atoms with Gasteiger partial charge in [-0.2, -0.15) is 0 Å². The summed E-state index contributed by atoms with van der Waals surface area (Å²) < 4.78 is 4.97. The van der Waals surface area contributed by atoms with Gasteiger partial charge in [-0.1, -0.05) is 18.2 Å². The van der Waals surface area contributed by atoms with E-state index in [1.165, 1.54) is 0 Å². The number of fused-ring (bicyclic) bond motifs is 3. The third kappa shape index (κ3) is 2.80. The van der Waals surface area contributed by atoms with Crippen molar-refractivity contribution >= 4 is 27.7 Å². The molecule has 3 aromatic rings. The van der Waals surface area contributed by atoms with Crippen molar-refractivity contribution in [3.63, 3.8) is 0 Å². The second-order valence-electron chi connectivity index (χ2n) is 5.35. The Kier molecular flexibility index (Phi) is 4.06. The molecule has 2 heterocycles. The Morgan fingerprint density at radius 1 is 1.27 bits per heavy atom. The fourth-order valence-corrected chi connectivity index (χ4v) is 2.51. The molecule has 0 spiro atoms. The van der Waals surface area contributed by atoms with Crippen LogP contribution < -0.4 is 5.32 Å². The van der Waals surface area contributed by atoms with Crippen LogP contribution >= 0.6 is 0 Å². The number of rotatable bonds is 5. The van der Waals surface area contributed by atoms with E-state index >= 15 is 0 Å². The first-order valence-corrected chi connectivity index (χ1v) is 7.35. The molecule has 0 aliphatic carbocycles. The number of amides is 1. The van der Waals surface area contributed by atoms with Crippen molar-refractivity contribution in [1.82, 2.24) is 15.3 Å². The fraction of sp³-hybridized carbons (Fsp3) is 0.294. The van der Waals surface area contributed by atoms with E-state index in [1.807, 2.05) is 31.2 Å². The van der Waals surface area contributed by atoms with Gasteiger partial charge in [-0.15, -0.1) is 0 Å². The van der Waals surface area contributed by atoms with Crippen LogP contribution in [0.4, 0.5) is 0 Å². The van der Waals surface area contributed by atoms with Gasteiger partial charge in [0, 0.05) is 36.7 Å². The zero-order chi connectivity index (χ0) is 15.5. The molecule has 0 radical (unpaired) electrons. The summed E-state index contributed by atoms with van der Waals surface area (Å²) in [6.07, 6.45) is 0.790. The van der Waals surface area contributed by atoms with Crippen molar-refractivity contribution in [3.8, 4) is 0 Å². The first-order chi connectivity index (χ1) is 10.7. The van der Waals surface area contributed by atoms with Gasteiger partial charge >= 0.3 is 0 Å². The van der Waals surface area contributed by atoms with Gasteiger partial charge in [-0.05, 0) is 25.5 Å². The Bertz CT molecular complexity index is 823. The van der Waals surface area contributed by atoms with Gasteiger partial charge in [0.25, 0.3) is 5.91 Å². The number of nitrogens with zero attached hydrogens (tertiary/aromatic N) is 1. The number of carbonyl (C=O) groups excluding carboxylic acids is 1. The van der Waals surface area contributed by atoms with E-state index in [9.17, 15) is 4.79 Å². The van der Waals surface area contributed by atoms with Crippen LogP contribution in [-0.2, 0) is 4.74 Å². The smallest absolute Gasteiger partial charge is 0.269 e. The van der Waals surface area contributed by atoms with Crippen LogP contribution in [0.5, 0.6) is 0 Å². The first kappa shape index (κ1) is 14.5. The van der Waals surface area contributed by atoms with Gasteiger partial charge in [0.2, 0.25) is 0 Å². The van der Waals surface area contributed by atoms with Gasteiger partial charge in [0.15, 0.2) is 0 Å². The SMILES string of the molecule is COCCCNC(=O)c1cc2ccc3ccc(C)[nH]c3c2n1. The van der Waals surface area contributed by atoms with Crippen LogP contribution in [0.2, 0.25) is 0 Å². The number of aromatic amines is 1. The molecule has 0 aliphatic rings. The van der Waals surface area contributed by atoms with Gasteiger partial charge in [0.1, 0.15) is 5.69 Å². The van der Waals surface area contributed by atoms with Crippen LogP contribution in [0, 0.1) is 6.92 Å². The summed E-state index contributed by atoms with van der Waals surface area (Å²) in [6.45, 7) is 3.22. The largest absolute Gasteiger partial charge is 0.385 e. The van der Waals surface area contributed by atoms with Crippen LogP contribution in [0.3, 0.4) is 0 Å². The molecule has 1 amide bonds. The highest BCUT2D eigenvalue weighted by atomic mass is 16.5. The van der Waals surface area contributed by atoms with Crippen molar-refractivity contribution in [1.29, 1.82) is 0 Å². The minimum absolute atomic E-state index is 0.145. The van der Waals surface area contributed by atoms with E-state index in [-0.39, 0.29) is 5.91 Å². The van der Waals surface area contributed by atoms with Crippen LogP contribution in [0.1, 0.15) is 22.6 Å². The summed E-state index contributed by atoms with van der Waals surface area (Å²) in [5.74, 6) is -0.145. The first-order valence-electron chi connectivity index (χ1n) is 7.35. The Hall–Kier alpha value is -2.40. The average Bonchev–Trinajstić information content (AvgIpc) is 2.96. The lowest BCUT2D eigenvalue weighted by Crippen LogP contribution is -2.25. The molecule has 3 rings (SSSR count). The maximum absolute atomic E-state index is 12.2. The molecule has 2 N–H and O–H groups in total. The molecule has 22 heavy (non-hydrogen) atoms. The maximum atomic E-state index is 12.2. The quantitative estimate of drug-likeness (QED) is 0.712. The molecule has 5 heteroatoms. The molecule has 0 fully saturated rings. The molecule has 0 bridgehead atoms. The third-order valence-corrected chi connectivity index (χ3v) is 3.64. The summed E-state index contributed by atoms with van der Waals surface area (Å²) in [7, 11) is 1.65. The summed E-state index contributed by atoms with van der Waals surface area (Å²) in [4.78, 5) is 20.0. The molecule has 114 valence electrons. The molecule has 0 aliphatic heterocycles.